The molecule has 1 saturated heterocycles. The Morgan fingerprint density at radius 3 is 2.31 bits per heavy atom. The molecule has 150 valence electrons. The molecule has 1 aliphatic rings. The van der Waals surface area contributed by atoms with Gasteiger partial charge in [-0.05, 0) is 61.7 Å². The van der Waals surface area contributed by atoms with Gasteiger partial charge in [0, 0.05) is 30.7 Å². The summed E-state index contributed by atoms with van der Waals surface area (Å²) in [5, 5.41) is 5.73. The van der Waals surface area contributed by atoms with Crippen molar-refractivity contribution >= 4 is 28.8 Å². The van der Waals surface area contributed by atoms with Crippen LogP contribution in [-0.4, -0.2) is 23.1 Å². The summed E-state index contributed by atoms with van der Waals surface area (Å²) in [5.74, 6) is -3.53. The van der Waals surface area contributed by atoms with E-state index in [9.17, 15) is 13.2 Å². The lowest BCUT2D eigenvalue weighted by molar-refractivity contribution is 0.449. The minimum Gasteiger partial charge on any atom is -0.372 e. The van der Waals surface area contributed by atoms with E-state index < -0.39 is 17.5 Å². The van der Waals surface area contributed by atoms with Crippen LogP contribution in [0.4, 0.5) is 42.0 Å². The van der Waals surface area contributed by atoms with Gasteiger partial charge in [0.2, 0.25) is 5.95 Å². The van der Waals surface area contributed by atoms with E-state index in [1.165, 1.54) is 37.2 Å². The Balaban J connectivity index is 1.46. The van der Waals surface area contributed by atoms with Gasteiger partial charge in [-0.25, -0.2) is 18.2 Å². The maximum atomic E-state index is 13.8. The Bertz CT molecular complexity index is 988. The van der Waals surface area contributed by atoms with Gasteiger partial charge in [-0.1, -0.05) is 0 Å². The number of hydrogen-bond acceptors (Lipinski definition) is 5. The summed E-state index contributed by atoms with van der Waals surface area (Å²) in [4.78, 5) is 10.8. The fraction of sp³-hybridized carbons (Fsp3) is 0.238. The molecule has 29 heavy (non-hydrogen) atoms. The van der Waals surface area contributed by atoms with Gasteiger partial charge in [-0.2, -0.15) is 4.98 Å². The third-order valence-corrected chi connectivity index (χ3v) is 4.80. The Labute approximate surface area is 166 Å². The fourth-order valence-corrected chi connectivity index (χ4v) is 3.29. The molecule has 0 unspecified atom stereocenters. The molecule has 1 aromatic heterocycles. The molecule has 4 rings (SSSR count). The van der Waals surface area contributed by atoms with Gasteiger partial charge in [0.05, 0.1) is 5.69 Å². The largest absolute Gasteiger partial charge is 0.372 e. The maximum Gasteiger partial charge on any atom is 0.229 e. The van der Waals surface area contributed by atoms with Gasteiger partial charge < -0.3 is 15.5 Å². The van der Waals surface area contributed by atoms with Crippen molar-refractivity contribution in [2.75, 3.05) is 28.6 Å². The van der Waals surface area contributed by atoms with E-state index in [1.807, 2.05) is 24.3 Å². The minimum absolute atomic E-state index is 0.209. The number of piperidine rings is 1. The van der Waals surface area contributed by atoms with Crippen molar-refractivity contribution < 1.29 is 13.2 Å². The number of benzene rings is 2. The van der Waals surface area contributed by atoms with Gasteiger partial charge in [-0.15, -0.1) is 0 Å². The summed E-state index contributed by atoms with van der Waals surface area (Å²) in [6.45, 7) is 2.15. The first-order valence-electron chi connectivity index (χ1n) is 9.46. The highest BCUT2D eigenvalue weighted by molar-refractivity contribution is 5.62. The second-order valence-electron chi connectivity index (χ2n) is 6.83. The molecule has 3 aromatic rings. The average molecular weight is 399 g/mol. The van der Waals surface area contributed by atoms with Gasteiger partial charge in [0.25, 0.3) is 0 Å². The first-order valence-corrected chi connectivity index (χ1v) is 9.46. The predicted molar refractivity (Wildman–Crippen MR) is 107 cm³/mol. The van der Waals surface area contributed by atoms with Crippen LogP contribution in [0.5, 0.6) is 0 Å². The molecule has 0 spiro atoms. The van der Waals surface area contributed by atoms with Gasteiger partial charge in [-0.3, -0.25) is 0 Å². The smallest absolute Gasteiger partial charge is 0.229 e. The number of aromatic nitrogens is 2. The lowest BCUT2D eigenvalue weighted by Crippen LogP contribution is -2.29. The Kier molecular flexibility index (Phi) is 5.50. The second-order valence-corrected chi connectivity index (χ2v) is 6.83. The topological polar surface area (TPSA) is 53.1 Å². The van der Waals surface area contributed by atoms with Crippen LogP contribution in [0.3, 0.4) is 0 Å². The van der Waals surface area contributed by atoms with Crippen LogP contribution in [-0.2, 0) is 0 Å². The highest BCUT2D eigenvalue weighted by Crippen LogP contribution is 2.25. The van der Waals surface area contributed by atoms with Gasteiger partial charge in [0.15, 0.2) is 17.5 Å². The standard InChI is InChI=1S/C21H20F3N5/c22-16-8-9-17(20(24)19(16)23)27-18-10-11-25-21(28-18)26-14-4-6-15(7-5-14)29-12-2-1-3-13-29/h4-11H,1-3,12-13H2,(H2,25,26,27,28). The zero-order valence-corrected chi connectivity index (χ0v) is 15.6. The molecule has 2 heterocycles. The molecule has 2 aromatic carbocycles. The number of rotatable bonds is 5. The van der Waals surface area contributed by atoms with Crippen LogP contribution < -0.4 is 15.5 Å². The number of nitrogens with one attached hydrogen (secondary N) is 2. The third-order valence-electron chi connectivity index (χ3n) is 4.80. The van der Waals surface area contributed by atoms with Gasteiger partial charge in [0.1, 0.15) is 5.82 Å². The third kappa shape index (κ3) is 4.42. The SMILES string of the molecule is Fc1ccc(Nc2ccnc(Nc3ccc(N4CCCCC4)cc3)n2)c(F)c1F. The number of hydrogen-bond donors (Lipinski definition) is 2. The minimum atomic E-state index is -1.53. The number of halogens is 3. The zero-order valence-electron chi connectivity index (χ0n) is 15.6. The van der Waals surface area contributed by atoms with Crippen LogP contribution in [0.15, 0.2) is 48.7 Å². The van der Waals surface area contributed by atoms with E-state index >= 15 is 0 Å². The zero-order chi connectivity index (χ0) is 20.2. The van der Waals surface area contributed by atoms with Crippen LogP contribution in [0.2, 0.25) is 0 Å². The number of nitrogens with zero attached hydrogens (tertiary/aromatic N) is 3. The molecule has 0 aliphatic carbocycles. The van der Waals surface area contributed by atoms with Crippen LogP contribution in [0, 0.1) is 17.5 Å². The van der Waals surface area contributed by atoms with Crippen molar-refractivity contribution in [3.05, 3.63) is 66.1 Å². The first-order chi connectivity index (χ1) is 14.1. The molecule has 0 bridgehead atoms. The van der Waals surface area contributed by atoms with Crippen molar-refractivity contribution in [1.29, 1.82) is 0 Å². The van der Waals surface area contributed by atoms with Crippen LogP contribution >= 0.6 is 0 Å². The fourth-order valence-electron chi connectivity index (χ4n) is 3.29. The molecule has 0 amide bonds. The molecular formula is C21H20F3N5. The molecule has 2 N–H and O–H groups in total. The lowest BCUT2D eigenvalue weighted by atomic mass is 10.1. The van der Waals surface area contributed by atoms with Crippen molar-refractivity contribution in [1.82, 2.24) is 9.97 Å². The average Bonchev–Trinajstić information content (AvgIpc) is 2.76. The normalized spacial score (nSPS) is 14.0. The number of anilines is 5. The molecule has 0 saturated carbocycles. The van der Waals surface area contributed by atoms with E-state index in [-0.39, 0.29) is 11.5 Å². The summed E-state index contributed by atoms with van der Waals surface area (Å²) in [6.07, 6.45) is 5.20. The monoisotopic (exact) mass is 399 g/mol. The molecule has 0 atom stereocenters. The van der Waals surface area contributed by atoms with Crippen molar-refractivity contribution in [3.63, 3.8) is 0 Å². The Hall–Kier alpha value is -3.29. The highest BCUT2D eigenvalue weighted by Gasteiger charge is 2.14. The second kappa shape index (κ2) is 8.38. The van der Waals surface area contributed by atoms with Crippen molar-refractivity contribution in [2.24, 2.45) is 0 Å². The summed E-state index contributed by atoms with van der Waals surface area (Å²) in [6, 6.07) is 11.5. The van der Waals surface area contributed by atoms with Crippen LogP contribution in [0.1, 0.15) is 19.3 Å². The maximum absolute atomic E-state index is 13.8. The molecule has 1 fully saturated rings. The molecule has 8 heteroatoms. The molecule has 0 radical (unpaired) electrons. The van der Waals surface area contributed by atoms with Gasteiger partial charge >= 0.3 is 0 Å². The summed E-state index contributed by atoms with van der Waals surface area (Å²) < 4.78 is 40.3. The highest BCUT2D eigenvalue weighted by atomic mass is 19.2. The van der Waals surface area contributed by atoms with Crippen molar-refractivity contribution in [2.45, 2.75) is 19.3 Å². The van der Waals surface area contributed by atoms with E-state index in [2.05, 4.69) is 25.5 Å². The van der Waals surface area contributed by atoms with E-state index in [1.54, 1.807) is 0 Å². The van der Waals surface area contributed by atoms with Crippen LogP contribution in [0.25, 0.3) is 0 Å². The molecule has 1 aliphatic heterocycles. The van der Waals surface area contributed by atoms with Crippen molar-refractivity contribution in [3.8, 4) is 0 Å². The van der Waals surface area contributed by atoms with E-state index in [0.717, 1.165) is 30.9 Å². The predicted octanol–water partition coefficient (Wildman–Crippen LogP) is 5.37. The lowest BCUT2D eigenvalue weighted by Gasteiger charge is -2.28. The Morgan fingerprint density at radius 2 is 1.55 bits per heavy atom. The quantitative estimate of drug-likeness (QED) is 0.565. The summed E-state index contributed by atoms with van der Waals surface area (Å²) >= 11 is 0. The Morgan fingerprint density at radius 1 is 0.793 bits per heavy atom. The first kappa shape index (κ1) is 19.0. The molecule has 5 nitrogen and oxygen atoms in total. The summed E-state index contributed by atoms with van der Waals surface area (Å²) in [7, 11) is 0. The summed E-state index contributed by atoms with van der Waals surface area (Å²) in [5.41, 5.74) is 1.78. The van der Waals surface area contributed by atoms with E-state index in [0.29, 0.717) is 5.95 Å². The van der Waals surface area contributed by atoms with E-state index in [4.69, 9.17) is 0 Å². The molecular weight excluding hydrogens is 379 g/mol.